The van der Waals surface area contributed by atoms with Gasteiger partial charge in [0.1, 0.15) is 24.4 Å². The van der Waals surface area contributed by atoms with Gasteiger partial charge >= 0.3 is 0 Å². The maximum Gasteiger partial charge on any atom is 0.190 e. The summed E-state index contributed by atoms with van der Waals surface area (Å²) in [7, 11) is 0. The second kappa shape index (κ2) is 5.31. The van der Waals surface area contributed by atoms with E-state index in [9.17, 15) is 5.11 Å². The largest absolute Gasteiger partial charge is 0.387 e. The fourth-order valence-corrected chi connectivity index (χ4v) is 3.04. The van der Waals surface area contributed by atoms with Crippen molar-refractivity contribution in [3.63, 3.8) is 0 Å². The number of benzene rings is 1. The minimum atomic E-state index is -0.797. The highest BCUT2D eigenvalue weighted by Gasteiger charge is 2.53. The standard InChI is InChI=1S/C15H18O6/c1-8-18-13-11(16)12-10(20-15(13)19-8)7-17-14(21-12)9-5-3-2-4-6-9/h2-6,8,10-16H,7H2,1H3. The van der Waals surface area contributed by atoms with Crippen LogP contribution in [0.1, 0.15) is 18.8 Å². The molecule has 6 heteroatoms. The summed E-state index contributed by atoms with van der Waals surface area (Å²) in [5.41, 5.74) is 0.919. The molecular formula is C15H18O6. The molecule has 0 saturated carbocycles. The lowest BCUT2D eigenvalue weighted by atomic mass is 9.98. The normalized spacial score (nSPS) is 45.9. The molecule has 4 rings (SSSR count). The maximum absolute atomic E-state index is 10.5. The fourth-order valence-electron chi connectivity index (χ4n) is 3.04. The van der Waals surface area contributed by atoms with Gasteiger partial charge in [0.15, 0.2) is 18.9 Å². The lowest BCUT2D eigenvalue weighted by Crippen LogP contribution is -2.60. The highest BCUT2D eigenvalue weighted by molar-refractivity contribution is 5.16. The van der Waals surface area contributed by atoms with Gasteiger partial charge in [-0.2, -0.15) is 0 Å². The first-order valence-electron chi connectivity index (χ1n) is 7.19. The van der Waals surface area contributed by atoms with Crippen molar-refractivity contribution < 1.29 is 28.8 Å². The van der Waals surface area contributed by atoms with Crippen molar-refractivity contribution in [2.45, 2.75) is 50.2 Å². The van der Waals surface area contributed by atoms with E-state index in [1.165, 1.54) is 0 Å². The van der Waals surface area contributed by atoms with Gasteiger partial charge in [-0.25, -0.2) is 0 Å². The Balaban J connectivity index is 1.52. The molecule has 3 aliphatic heterocycles. The molecule has 0 radical (unpaired) electrons. The number of aliphatic hydroxyl groups is 1. The second-order valence-electron chi connectivity index (χ2n) is 5.51. The third kappa shape index (κ3) is 2.38. The first kappa shape index (κ1) is 13.6. The van der Waals surface area contributed by atoms with Crippen molar-refractivity contribution in [3.8, 4) is 0 Å². The zero-order chi connectivity index (χ0) is 14.4. The summed E-state index contributed by atoms with van der Waals surface area (Å²) in [4.78, 5) is 0. The van der Waals surface area contributed by atoms with Crippen LogP contribution in [0.15, 0.2) is 30.3 Å². The molecule has 1 N–H and O–H groups in total. The van der Waals surface area contributed by atoms with Crippen LogP contribution < -0.4 is 0 Å². The third-order valence-corrected chi connectivity index (χ3v) is 4.06. The molecule has 3 saturated heterocycles. The van der Waals surface area contributed by atoms with Gasteiger partial charge in [0.25, 0.3) is 0 Å². The Morgan fingerprint density at radius 2 is 1.81 bits per heavy atom. The van der Waals surface area contributed by atoms with Crippen molar-refractivity contribution in [1.82, 2.24) is 0 Å². The third-order valence-electron chi connectivity index (χ3n) is 4.06. The molecule has 3 fully saturated rings. The lowest BCUT2D eigenvalue weighted by molar-refractivity contribution is -0.338. The first-order valence-corrected chi connectivity index (χ1v) is 7.19. The number of hydrogen-bond donors (Lipinski definition) is 1. The van der Waals surface area contributed by atoms with E-state index in [2.05, 4.69) is 0 Å². The molecule has 0 bridgehead atoms. The molecule has 0 aromatic heterocycles. The van der Waals surface area contributed by atoms with E-state index in [1.54, 1.807) is 6.92 Å². The van der Waals surface area contributed by atoms with Crippen LogP contribution in [0.3, 0.4) is 0 Å². The molecule has 0 aliphatic carbocycles. The van der Waals surface area contributed by atoms with E-state index < -0.39 is 30.9 Å². The van der Waals surface area contributed by atoms with E-state index in [1.807, 2.05) is 30.3 Å². The van der Waals surface area contributed by atoms with Crippen molar-refractivity contribution in [1.29, 1.82) is 0 Å². The smallest absolute Gasteiger partial charge is 0.190 e. The molecular weight excluding hydrogens is 276 g/mol. The summed E-state index contributed by atoms with van der Waals surface area (Å²) in [5, 5.41) is 10.5. The minimum Gasteiger partial charge on any atom is -0.387 e. The Hall–Kier alpha value is -1.02. The number of aliphatic hydroxyl groups excluding tert-OH is 1. The second-order valence-corrected chi connectivity index (χ2v) is 5.51. The van der Waals surface area contributed by atoms with Crippen LogP contribution in [-0.4, -0.2) is 48.7 Å². The fraction of sp³-hybridized carbons (Fsp3) is 0.600. The van der Waals surface area contributed by atoms with Crippen LogP contribution in [0.25, 0.3) is 0 Å². The van der Waals surface area contributed by atoms with Gasteiger partial charge in [-0.3, -0.25) is 0 Å². The quantitative estimate of drug-likeness (QED) is 0.832. The monoisotopic (exact) mass is 294 g/mol. The molecule has 0 amide bonds. The van der Waals surface area contributed by atoms with Crippen LogP contribution in [0.4, 0.5) is 0 Å². The molecule has 3 heterocycles. The van der Waals surface area contributed by atoms with Crippen molar-refractivity contribution in [2.75, 3.05) is 6.61 Å². The van der Waals surface area contributed by atoms with Gasteiger partial charge in [-0.15, -0.1) is 0 Å². The number of rotatable bonds is 1. The zero-order valence-corrected chi connectivity index (χ0v) is 11.6. The van der Waals surface area contributed by atoms with Crippen molar-refractivity contribution >= 4 is 0 Å². The maximum atomic E-state index is 10.5. The van der Waals surface area contributed by atoms with E-state index >= 15 is 0 Å². The summed E-state index contributed by atoms with van der Waals surface area (Å²) in [6.07, 6.45) is -3.60. The Labute approximate surface area is 122 Å². The highest BCUT2D eigenvalue weighted by Crippen LogP contribution is 2.37. The average Bonchev–Trinajstić information content (AvgIpc) is 2.89. The summed E-state index contributed by atoms with van der Waals surface area (Å²) < 4.78 is 28.4. The van der Waals surface area contributed by atoms with E-state index in [0.29, 0.717) is 6.61 Å². The molecule has 114 valence electrons. The molecule has 3 aliphatic rings. The highest BCUT2D eigenvalue weighted by atomic mass is 16.8. The van der Waals surface area contributed by atoms with Gasteiger partial charge in [0.05, 0.1) is 6.61 Å². The van der Waals surface area contributed by atoms with Crippen LogP contribution in [0, 0.1) is 0 Å². The van der Waals surface area contributed by atoms with Gasteiger partial charge in [0.2, 0.25) is 0 Å². The number of ether oxygens (including phenoxy) is 5. The Kier molecular flexibility index (Phi) is 3.45. The van der Waals surface area contributed by atoms with E-state index in [4.69, 9.17) is 23.7 Å². The Morgan fingerprint density at radius 3 is 2.62 bits per heavy atom. The van der Waals surface area contributed by atoms with Crippen LogP contribution in [0.2, 0.25) is 0 Å². The van der Waals surface area contributed by atoms with Gasteiger partial charge in [-0.05, 0) is 6.92 Å². The Morgan fingerprint density at radius 1 is 1.00 bits per heavy atom. The zero-order valence-electron chi connectivity index (χ0n) is 11.6. The molecule has 1 aromatic carbocycles. The molecule has 6 nitrogen and oxygen atoms in total. The molecule has 7 unspecified atom stereocenters. The SMILES string of the molecule is CC1OC2OC3COC(c4ccccc4)OC3C(O)C2O1. The molecule has 0 spiro atoms. The topological polar surface area (TPSA) is 66.4 Å². The minimum absolute atomic E-state index is 0.349. The van der Waals surface area contributed by atoms with Crippen molar-refractivity contribution in [3.05, 3.63) is 35.9 Å². The van der Waals surface area contributed by atoms with Gasteiger partial charge < -0.3 is 28.8 Å². The predicted molar refractivity (Wildman–Crippen MR) is 70.1 cm³/mol. The summed E-state index contributed by atoms with van der Waals surface area (Å²) in [5.74, 6) is 0. The Bertz CT molecular complexity index is 494. The van der Waals surface area contributed by atoms with Crippen LogP contribution in [0.5, 0.6) is 0 Å². The molecule has 1 aromatic rings. The number of fused-ring (bicyclic) bond motifs is 2. The lowest BCUT2D eigenvalue weighted by Gasteiger charge is -2.44. The summed E-state index contributed by atoms with van der Waals surface area (Å²) in [6, 6.07) is 9.65. The molecule has 21 heavy (non-hydrogen) atoms. The van der Waals surface area contributed by atoms with Crippen LogP contribution >= 0.6 is 0 Å². The summed E-state index contributed by atoms with van der Waals surface area (Å²) >= 11 is 0. The predicted octanol–water partition coefficient (Wildman–Crippen LogP) is 0.948. The summed E-state index contributed by atoms with van der Waals surface area (Å²) in [6.45, 7) is 2.13. The van der Waals surface area contributed by atoms with E-state index in [-0.39, 0.29) is 12.4 Å². The van der Waals surface area contributed by atoms with Crippen molar-refractivity contribution in [2.24, 2.45) is 0 Å². The van der Waals surface area contributed by atoms with Gasteiger partial charge in [-0.1, -0.05) is 30.3 Å². The van der Waals surface area contributed by atoms with E-state index in [0.717, 1.165) is 5.56 Å². The van der Waals surface area contributed by atoms with Gasteiger partial charge in [0, 0.05) is 5.56 Å². The number of hydrogen-bond acceptors (Lipinski definition) is 6. The first-order chi connectivity index (χ1) is 10.2. The van der Waals surface area contributed by atoms with Crippen LogP contribution in [-0.2, 0) is 23.7 Å². The molecule has 7 atom stereocenters. The average molecular weight is 294 g/mol.